The topological polar surface area (TPSA) is 317 Å². The minimum Gasteiger partial charge on any atom is -0.391 e. The first-order valence-electron chi connectivity index (χ1n) is 31.6. The smallest absolute Gasteiger partial charge is 0.248 e. The summed E-state index contributed by atoms with van der Waals surface area (Å²) in [5.41, 5.74) is -0.865. The third-order valence-corrected chi connectivity index (χ3v) is 15.9. The maximum absolute atomic E-state index is 15.1. The van der Waals surface area contributed by atoms with E-state index in [1.165, 1.54) is 77.8 Å². The van der Waals surface area contributed by atoms with E-state index in [0.29, 0.717) is 0 Å². The number of ether oxygens (including phenoxy) is 1. The van der Waals surface area contributed by atoms with Crippen LogP contribution in [0.1, 0.15) is 164 Å². The molecule has 7 N–H and O–H groups in total. The summed E-state index contributed by atoms with van der Waals surface area (Å²) in [7, 11) is 8.04. The normalized spacial score (nSPS) is 27.0. The van der Waals surface area contributed by atoms with Crippen molar-refractivity contribution in [2.75, 3.05) is 48.8 Å². The number of carbonyl (C=O) groups excluding carboxylic acids is 11. The molecule has 510 valence electrons. The Labute approximate surface area is 531 Å². The zero-order valence-electron chi connectivity index (χ0n) is 58.3. The Bertz CT molecular complexity index is 2440. The SMILES string of the molecule is C/C=C/C[C@@H](C)[C@@H](O)[C@H]1C(=O)N[C@@H]([C@@H](C)O)C(=O)N(C)CC(=O)N(C)[C@@H](C(C)OC(C)(C)C)C(=O)N[C@@H](CC(C)C)C(=O)N(C)[C@@H](CC(C)C)C(=O)N[C@@H](C)C(=O)N[C@H](C)C(=O)N(C)[C@@H](CC(C)C)C(=O)N[C@@H](CC(C)C)C(=O)N(C)[C@@H](C(C)C)C(=O)N1C. The number of amides is 11. The summed E-state index contributed by atoms with van der Waals surface area (Å²) in [4.78, 5) is 167. The van der Waals surface area contributed by atoms with Crippen molar-refractivity contribution in [1.82, 2.24) is 56.0 Å². The van der Waals surface area contributed by atoms with E-state index < -0.39 is 168 Å². The molecule has 1 aliphatic rings. The van der Waals surface area contributed by atoms with E-state index in [4.69, 9.17) is 4.74 Å². The number of carbonyl (C=O) groups is 11. The van der Waals surface area contributed by atoms with E-state index in [-0.39, 0.29) is 55.8 Å². The number of hydrogen-bond acceptors (Lipinski definition) is 14. The minimum absolute atomic E-state index is 0.0783. The van der Waals surface area contributed by atoms with Gasteiger partial charge in [-0.15, -0.1) is 0 Å². The highest BCUT2D eigenvalue weighted by molar-refractivity contribution is 5.99. The molecule has 1 unspecified atom stereocenters. The lowest BCUT2D eigenvalue weighted by atomic mass is 9.91. The van der Waals surface area contributed by atoms with Gasteiger partial charge in [-0.1, -0.05) is 88.3 Å². The number of likely N-dealkylation sites (N-methyl/N-ethyl adjacent to an activating group) is 6. The molecule has 1 saturated heterocycles. The molecule has 0 aromatic carbocycles. The van der Waals surface area contributed by atoms with Gasteiger partial charge >= 0.3 is 0 Å². The number of aliphatic hydroxyl groups excluding tert-OH is 2. The van der Waals surface area contributed by atoms with Crippen molar-refractivity contribution in [2.45, 2.75) is 248 Å². The van der Waals surface area contributed by atoms with Gasteiger partial charge in [0.25, 0.3) is 0 Å². The lowest BCUT2D eigenvalue weighted by Crippen LogP contribution is -2.64. The predicted octanol–water partition coefficient (Wildman–Crippen LogP) is 2.45. The quantitative estimate of drug-likeness (QED) is 0.109. The second kappa shape index (κ2) is 36.0. The van der Waals surface area contributed by atoms with E-state index >= 15 is 4.79 Å². The molecule has 0 radical (unpaired) electrons. The summed E-state index contributed by atoms with van der Waals surface area (Å²) in [6, 6.07) is -13.7. The molecule has 89 heavy (non-hydrogen) atoms. The highest BCUT2D eigenvalue weighted by Gasteiger charge is 2.46. The summed E-state index contributed by atoms with van der Waals surface area (Å²) >= 11 is 0. The second-order valence-corrected chi connectivity index (χ2v) is 27.6. The van der Waals surface area contributed by atoms with Gasteiger partial charge in [-0.05, 0) is 123 Å². The number of allylic oxidation sites excluding steroid dienone is 2. The summed E-state index contributed by atoms with van der Waals surface area (Å²) in [5.74, 6) is -10.7. The Morgan fingerprint density at radius 1 is 0.494 bits per heavy atom. The predicted molar refractivity (Wildman–Crippen MR) is 341 cm³/mol. The number of hydrogen-bond donors (Lipinski definition) is 7. The van der Waals surface area contributed by atoms with Crippen molar-refractivity contribution in [2.24, 2.45) is 35.5 Å². The van der Waals surface area contributed by atoms with E-state index in [0.717, 1.165) is 14.7 Å². The third-order valence-electron chi connectivity index (χ3n) is 15.9. The Morgan fingerprint density at radius 2 is 0.910 bits per heavy atom. The maximum Gasteiger partial charge on any atom is 0.248 e. The monoisotopic (exact) mass is 1260 g/mol. The van der Waals surface area contributed by atoms with E-state index in [1.807, 2.05) is 55.4 Å². The van der Waals surface area contributed by atoms with Crippen LogP contribution in [0, 0.1) is 35.5 Å². The van der Waals surface area contributed by atoms with Crippen LogP contribution in [0.5, 0.6) is 0 Å². The van der Waals surface area contributed by atoms with E-state index in [1.54, 1.807) is 67.5 Å². The van der Waals surface area contributed by atoms with Gasteiger partial charge in [-0.2, -0.15) is 0 Å². The summed E-state index contributed by atoms with van der Waals surface area (Å²) in [6.45, 7) is 31.7. The van der Waals surface area contributed by atoms with Gasteiger partial charge in [0.2, 0.25) is 65.0 Å². The number of nitrogens with zero attached hydrogens (tertiary/aromatic N) is 6. The van der Waals surface area contributed by atoms with Crippen molar-refractivity contribution in [3.05, 3.63) is 12.2 Å². The van der Waals surface area contributed by atoms with Crippen LogP contribution in [0.3, 0.4) is 0 Å². The van der Waals surface area contributed by atoms with Crippen LogP contribution in [0.15, 0.2) is 12.2 Å². The lowest BCUT2D eigenvalue weighted by molar-refractivity contribution is -0.155. The summed E-state index contributed by atoms with van der Waals surface area (Å²) < 4.78 is 6.26. The first-order valence-corrected chi connectivity index (χ1v) is 31.6. The number of aliphatic hydroxyl groups is 2. The van der Waals surface area contributed by atoms with Crippen LogP contribution in [0.4, 0.5) is 0 Å². The zero-order valence-corrected chi connectivity index (χ0v) is 58.3. The molecule has 0 spiro atoms. The lowest BCUT2D eigenvalue weighted by Gasteiger charge is -2.40. The molecule has 25 heteroatoms. The van der Waals surface area contributed by atoms with Crippen molar-refractivity contribution in [3.63, 3.8) is 0 Å². The van der Waals surface area contributed by atoms with Crippen LogP contribution in [-0.4, -0.2) is 238 Å². The minimum atomic E-state index is -1.78. The summed E-state index contributed by atoms with van der Waals surface area (Å²) in [5, 5.41) is 36.9. The molecule has 0 saturated carbocycles. The molecule has 1 fully saturated rings. The molecule has 1 rings (SSSR count). The first kappa shape index (κ1) is 80.8. The van der Waals surface area contributed by atoms with Gasteiger partial charge in [0.1, 0.15) is 60.4 Å². The molecule has 0 aliphatic carbocycles. The van der Waals surface area contributed by atoms with Gasteiger partial charge in [0.15, 0.2) is 0 Å². The van der Waals surface area contributed by atoms with Crippen LogP contribution < -0.4 is 26.6 Å². The third kappa shape index (κ3) is 24.2. The highest BCUT2D eigenvalue weighted by Crippen LogP contribution is 2.25. The molecule has 1 aliphatic heterocycles. The highest BCUT2D eigenvalue weighted by atomic mass is 16.5. The molecule has 25 nitrogen and oxygen atoms in total. The number of nitrogens with one attached hydrogen (secondary N) is 5. The Hall–Kier alpha value is -6.21. The van der Waals surface area contributed by atoms with Crippen LogP contribution in [0.25, 0.3) is 0 Å². The fourth-order valence-electron chi connectivity index (χ4n) is 11.0. The van der Waals surface area contributed by atoms with Crippen molar-refractivity contribution < 1.29 is 67.7 Å². The van der Waals surface area contributed by atoms with Crippen molar-refractivity contribution in [3.8, 4) is 0 Å². The second-order valence-electron chi connectivity index (χ2n) is 27.6. The Morgan fingerprint density at radius 3 is 1.35 bits per heavy atom. The Balaban J connectivity index is 4.42. The average Bonchev–Trinajstić information content (AvgIpc) is 3.62. The van der Waals surface area contributed by atoms with Gasteiger partial charge in [-0.25, -0.2) is 0 Å². The summed E-state index contributed by atoms with van der Waals surface area (Å²) in [6.07, 6.45) is -0.119. The molecule has 14 atom stereocenters. The maximum atomic E-state index is 15.1. The molecular formula is C64H115N11O14. The average molecular weight is 1260 g/mol. The molecule has 0 aromatic heterocycles. The standard InChI is InChI=1S/C64H115N11O14/c1-26-27-28-39(12)53(78)52-58(83)69-49(42(15)76)62(87)70(20)33-48(77)73(23)51(43(16)89-64(17,18)19)57(82)68-44(29-34(2)3)60(85)72(22)46(31-36(6)7)55(80)65-40(13)54(79)66-41(14)59(84)71(21)47(32-37(8)9)56(81)67-45(30-35(4)5)61(86)74(24)50(38(10)11)63(88)75(52)25/h26-27,34-47,49-53,76,78H,28-33H2,1-25H3,(H,65,80)(H,66,79)(H,67,81)(H,68,82)(H,69,83)/b27-26+/t39-,40+,41-,42-,43?,44+,45+,46+,47+,49+,50+,51+,52+,53-/m1/s1. The van der Waals surface area contributed by atoms with Gasteiger partial charge < -0.3 is 70.9 Å². The van der Waals surface area contributed by atoms with Gasteiger partial charge in [0, 0.05) is 42.3 Å². The number of rotatable bonds is 16. The Kier molecular flexibility index (Phi) is 32.7. The zero-order chi connectivity index (χ0) is 69.2. The van der Waals surface area contributed by atoms with E-state index in [9.17, 15) is 58.2 Å². The van der Waals surface area contributed by atoms with Crippen LogP contribution in [0.2, 0.25) is 0 Å². The fraction of sp³-hybridized carbons (Fsp3) is 0.797. The molecule has 1 heterocycles. The molecule has 0 aromatic rings. The van der Waals surface area contributed by atoms with Gasteiger partial charge in [-0.3, -0.25) is 52.7 Å². The van der Waals surface area contributed by atoms with Crippen molar-refractivity contribution >= 4 is 65.0 Å². The largest absolute Gasteiger partial charge is 0.391 e. The van der Waals surface area contributed by atoms with Gasteiger partial charge in [0.05, 0.1) is 30.5 Å². The fourth-order valence-corrected chi connectivity index (χ4v) is 11.0. The van der Waals surface area contributed by atoms with Crippen molar-refractivity contribution in [1.29, 1.82) is 0 Å². The van der Waals surface area contributed by atoms with Crippen LogP contribution in [-0.2, 0) is 57.5 Å². The molecule has 0 bridgehead atoms. The molecular weight excluding hydrogens is 1150 g/mol. The van der Waals surface area contributed by atoms with E-state index in [2.05, 4.69) is 26.6 Å². The first-order chi connectivity index (χ1) is 40.8. The van der Waals surface area contributed by atoms with Crippen LogP contribution >= 0.6 is 0 Å². The molecule has 11 amide bonds.